The average Bonchev–Trinajstić information content (AvgIpc) is 3.11. The number of rotatable bonds is 4. The van der Waals surface area contributed by atoms with E-state index in [2.05, 4.69) is 30.8 Å². The highest BCUT2D eigenvalue weighted by Gasteiger charge is 2.25. The maximum atomic E-state index is 11.8. The van der Waals surface area contributed by atoms with Crippen LogP contribution in [0, 0.1) is 0 Å². The monoisotopic (exact) mass is 333 g/mol. The second kappa shape index (κ2) is 6.82. The summed E-state index contributed by atoms with van der Waals surface area (Å²) in [6.45, 7) is 3.33. The number of nitrogens with zero attached hydrogens (tertiary/aromatic N) is 4. The summed E-state index contributed by atoms with van der Waals surface area (Å²) in [4.78, 5) is 16.3. The number of amides is 1. The molecule has 1 fully saturated rings. The Balaban J connectivity index is 1.72. The van der Waals surface area contributed by atoms with Crippen molar-refractivity contribution in [2.75, 3.05) is 50.1 Å². The first-order valence-electron chi connectivity index (χ1n) is 7.42. The summed E-state index contributed by atoms with van der Waals surface area (Å²) in [5, 5.41) is 7.39. The lowest BCUT2D eigenvalue weighted by Gasteiger charge is -2.37. The first kappa shape index (κ1) is 15.5. The Hall–Kier alpha value is -2.35. The zero-order valence-electron chi connectivity index (χ0n) is 13.2. The minimum absolute atomic E-state index is 0.194. The number of benzene rings is 1. The van der Waals surface area contributed by atoms with Crippen molar-refractivity contribution in [3.05, 3.63) is 30.0 Å². The van der Waals surface area contributed by atoms with Crippen molar-refractivity contribution in [1.29, 1.82) is 0 Å². The van der Waals surface area contributed by atoms with Crippen LogP contribution in [-0.2, 0) is 0 Å². The van der Waals surface area contributed by atoms with Gasteiger partial charge < -0.3 is 19.9 Å². The predicted molar refractivity (Wildman–Crippen MR) is 90.7 cm³/mol. The van der Waals surface area contributed by atoms with Crippen LogP contribution in [0.5, 0.6) is 5.75 Å². The van der Waals surface area contributed by atoms with Gasteiger partial charge in [-0.15, -0.1) is 5.10 Å². The van der Waals surface area contributed by atoms with Gasteiger partial charge in [-0.05, 0) is 12.1 Å². The van der Waals surface area contributed by atoms with Crippen molar-refractivity contribution in [2.45, 2.75) is 0 Å². The number of hydrogen-bond donors (Lipinski definition) is 1. The van der Waals surface area contributed by atoms with E-state index in [4.69, 9.17) is 4.74 Å². The minimum atomic E-state index is -0.194. The van der Waals surface area contributed by atoms with Crippen LogP contribution >= 0.6 is 11.5 Å². The van der Waals surface area contributed by atoms with Gasteiger partial charge in [0.25, 0.3) is 5.91 Å². The van der Waals surface area contributed by atoms with Crippen molar-refractivity contribution >= 4 is 28.1 Å². The number of nitrogens with one attached hydrogen (secondary N) is 1. The zero-order chi connectivity index (χ0) is 16.2. The van der Waals surface area contributed by atoms with Gasteiger partial charge in [-0.3, -0.25) is 4.79 Å². The van der Waals surface area contributed by atoms with Crippen molar-refractivity contribution < 1.29 is 9.53 Å². The highest BCUT2D eigenvalue weighted by atomic mass is 32.1. The van der Waals surface area contributed by atoms with Crippen molar-refractivity contribution in [3.63, 3.8) is 0 Å². The lowest BCUT2D eigenvalue weighted by molar-refractivity contribution is 0.0958. The minimum Gasteiger partial charge on any atom is -0.495 e. The molecule has 23 heavy (non-hydrogen) atoms. The number of aromatic nitrogens is 2. The molecule has 8 heteroatoms. The summed E-state index contributed by atoms with van der Waals surface area (Å²) >= 11 is 1.27. The van der Waals surface area contributed by atoms with E-state index in [-0.39, 0.29) is 5.91 Å². The molecule has 0 spiro atoms. The number of ether oxygens (including phenoxy) is 1. The second-order valence-electron chi connectivity index (χ2n) is 5.15. The van der Waals surface area contributed by atoms with Gasteiger partial charge >= 0.3 is 0 Å². The third-order valence-electron chi connectivity index (χ3n) is 3.91. The van der Waals surface area contributed by atoms with Crippen molar-refractivity contribution in [3.8, 4) is 5.75 Å². The summed E-state index contributed by atoms with van der Waals surface area (Å²) in [7, 11) is 3.29. The van der Waals surface area contributed by atoms with Crippen LogP contribution in [0.15, 0.2) is 24.3 Å². The van der Waals surface area contributed by atoms with Crippen LogP contribution < -0.4 is 19.9 Å². The third-order valence-corrected chi connectivity index (χ3v) is 4.69. The zero-order valence-corrected chi connectivity index (χ0v) is 14.0. The molecule has 2 heterocycles. The number of carbonyl (C=O) groups is 1. The molecule has 1 aromatic carbocycles. The molecule has 0 radical (unpaired) electrons. The van der Waals surface area contributed by atoms with Gasteiger partial charge in [0.05, 0.1) is 12.8 Å². The standard InChI is InChI=1S/C15H19N5O2S/c1-16-14(21)13-15(23-18-17-13)20-9-7-19(8-10-20)11-5-3-4-6-12(11)22-2/h3-6H,7-10H2,1-2H3,(H,16,21). The fraction of sp³-hybridized carbons (Fsp3) is 0.400. The van der Waals surface area contributed by atoms with Crippen LogP contribution in [0.1, 0.15) is 10.5 Å². The number of hydrogen-bond acceptors (Lipinski definition) is 7. The van der Waals surface area contributed by atoms with Crippen LogP contribution in [0.2, 0.25) is 0 Å². The van der Waals surface area contributed by atoms with Gasteiger partial charge in [0.15, 0.2) is 5.69 Å². The van der Waals surface area contributed by atoms with E-state index in [1.54, 1.807) is 14.2 Å². The van der Waals surface area contributed by atoms with E-state index < -0.39 is 0 Å². The van der Waals surface area contributed by atoms with Gasteiger partial charge in [-0.2, -0.15) is 0 Å². The molecule has 3 rings (SSSR count). The predicted octanol–water partition coefficient (Wildman–Crippen LogP) is 1.23. The third kappa shape index (κ3) is 3.07. The molecular weight excluding hydrogens is 314 g/mol. The number of methoxy groups -OCH3 is 1. The van der Waals surface area contributed by atoms with Crippen molar-refractivity contribution in [1.82, 2.24) is 14.9 Å². The molecule has 0 bridgehead atoms. The molecule has 0 atom stereocenters. The maximum absolute atomic E-state index is 11.8. The summed E-state index contributed by atoms with van der Waals surface area (Å²) in [5.74, 6) is 0.687. The van der Waals surface area contributed by atoms with Crippen LogP contribution in [0.25, 0.3) is 0 Å². The fourth-order valence-electron chi connectivity index (χ4n) is 2.70. The van der Waals surface area contributed by atoms with Gasteiger partial charge in [0.1, 0.15) is 10.8 Å². The van der Waals surface area contributed by atoms with E-state index >= 15 is 0 Å². The molecule has 2 aromatic rings. The molecule has 0 saturated carbocycles. The van der Waals surface area contributed by atoms with Gasteiger partial charge in [-0.1, -0.05) is 16.6 Å². The molecule has 1 N–H and O–H groups in total. The quantitative estimate of drug-likeness (QED) is 0.908. The first-order valence-corrected chi connectivity index (χ1v) is 8.19. The summed E-state index contributed by atoms with van der Waals surface area (Å²) in [5.41, 5.74) is 1.51. The highest BCUT2D eigenvalue weighted by Crippen LogP contribution is 2.30. The molecule has 7 nitrogen and oxygen atoms in total. The van der Waals surface area contributed by atoms with Crippen LogP contribution in [0.4, 0.5) is 10.7 Å². The van der Waals surface area contributed by atoms with Crippen molar-refractivity contribution in [2.24, 2.45) is 0 Å². The first-order chi connectivity index (χ1) is 11.2. The molecule has 1 aliphatic heterocycles. The van der Waals surface area contributed by atoms with E-state index in [0.29, 0.717) is 5.69 Å². The Bertz CT molecular complexity index is 682. The molecular formula is C15H19N5O2S. The molecule has 0 aliphatic carbocycles. The summed E-state index contributed by atoms with van der Waals surface area (Å²) in [6, 6.07) is 8.02. The van der Waals surface area contributed by atoms with Gasteiger partial charge in [0.2, 0.25) is 0 Å². The molecule has 1 aliphatic rings. The van der Waals surface area contributed by atoms with Crippen LogP contribution in [-0.4, -0.2) is 55.8 Å². The summed E-state index contributed by atoms with van der Waals surface area (Å²) in [6.07, 6.45) is 0. The van der Waals surface area contributed by atoms with Gasteiger partial charge in [-0.25, -0.2) is 0 Å². The Morgan fingerprint density at radius 1 is 1.22 bits per heavy atom. The van der Waals surface area contributed by atoms with E-state index in [1.165, 1.54) is 11.5 Å². The normalized spacial score (nSPS) is 14.7. The maximum Gasteiger partial charge on any atom is 0.274 e. The lowest BCUT2D eigenvalue weighted by Crippen LogP contribution is -2.47. The molecule has 0 unspecified atom stereocenters. The Labute approximate surface area is 139 Å². The van der Waals surface area contributed by atoms with E-state index in [0.717, 1.165) is 42.6 Å². The lowest BCUT2D eigenvalue weighted by atomic mass is 10.2. The SMILES string of the molecule is CNC(=O)c1nnsc1N1CCN(c2ccccc2OC)CC1. The van der Waals surface area contributed by atoms with Gasteiger partial charge in [0, 0.05) is 44.8 Å². The number of piperazine rings is 1. The number of anilines is 2. The van der Waals surface area contributed by atoms with E-state index in [9.17, 15) is 4.79 Å². The molecule has 122 valence electrons. The van der Waals surface area contributed by atoms with E-state index in [1.807, 2.05) is 18.2 Å². The largest absolute Gasteiger partial charge is 0.495 e. The molecule has 1 amide bonds. The number of carbonyl (C=O) groups excluding carboxylic acids is 1. The molecule has 1 saturated heterocycles. The Kier molecular flexibility index (Phi) is 4.61. The highest BCUT2D eigenvalue weighted by molar-refractivity contribution is 7.10. The smallest absolute Gasteiger partial charge is 0.274 e. The summed E-state index contributed by atoms with van der Waals surface area (Å²) < 4.78 is 9.36. The Morgan fingerprint density at radius 3 is 2.61 bits per heavy atom. The Morgan fingerprint density at radius 2 is 1.91 bits per heavy atom. The topological polar surface area (TPSA) is 70.6 Å². The molecule has 1 aromatic heterocycles. The second-order valence-corrected chi connectivity index (χ2v) is 5.88. The average molecular weight is 333 g/mol. The fourth-order valence-corrected chi connectivity index (χ4v) is 3.41. The van der Waals surface area contributed by atoms with Crippen LogP contribution in [0.3, 0.4) is 0 Å². The number of para-hydroxylation sites is 2.